The van der Waals surface area contributed by atoms with Crippen molar-refractivity contribution in [2.24, 2.45) is 0 Å². The van der Waals surface area contributed by atoms with Crippen molar-refractivity contribution in [3.63, 3.8) is 0 Å². The molecule has 0 saturated heterocycles. The highest BCUT2D eigenvalue weighted by atomic mass is 79.9. The Morgan fingerprint density at radius 1 is 1.38 bits per heavy atom. The number of carbonyl (C=O) groups excluding carboxylic acids is 3. The molecular formula is C16H14BrN5O4. The van der Waals surface area contributed by atoms with Crippen LogP contribution < -0.4 is 0 Å². The highest BCUT2D eigenvalue weighted by Crippen LogP contribution is 2.24. The molecule has 3 aromatic rings. The third-order valence-electron chi connectivity index (χ3n) is 3.45. The summed E-state index contributed by atoms with van der Waals surface area (Å²) >= 11 is 3.37. The molecular weight excluding hydrogens is 406 g/mol. The van der Waals surface area contributed by atoms with Gasteiger partial charge in [-0.05, 0) is 29.8 Å². The van der Waals surface area contributed by atoms with E-state index in [2.05, 4.69) is 36.3 Å². The second-order valence-corrected chi connectivity index (χ2v) is 5.97. The van der Waals surface area contributed by atoms with Crippen LogP contribution in [0.5, 0.6) is 0 Å². The van der Waals surface area contributed by atoms with Crippen LogP contribution in [0.1, 0.15) is 21.5 Å². The van der Waals surface area contributed by atoms with E-state index in [1.165, 1.54) is 4.80 Å². The summed E-state index contributed by atoms with van der Waals surface area (Å²) in [4.78, 5) is 33.2. The number of aromatic nitrogens is 5. The first-order valence-corrected chi connectivity index (χ1v) is 8.17. The molecule has 134 valence electrons. The van der Waals surface area contributed by atoms with Crippen LogP contribution in [0.25, 0.3) is 11.5 Å². The number of tetrazole rings is 1. The maximum absolute atomic E-state index is 12.6. The molecule has 0 amide bonds. The van der Waals surface area contributed by atoms with E-state index < -0.39 is 0 Å². The maximum atomic E-state index is 12.6. The van der Waals surface area contributed by atoms with Gasteiger partial charge in [-0.2, -0.15) is 14.4 Å². The molecule has 9 nitrogen and oxygen atoms in total. The molecule has 0 unspecified atom stereocenters. The number of benzene rings is 1. The number of aromatic amines is 1. The molecule has 3 rings (SSSR count). The lowest BCUT2D eigenvalue weighted by atomic mass is 10.0. The quantitative estimate of drug-likeness (QED) is 0.597. The highest BCUT2D eigenvalue weighted by Gasteiger charge is 2.19. The molecule has 0 fully saturated rings. The lowest BCUT2D eigenvalue weighted by molar-refractivity contribution is -0.191. The number of hydrogen-bond donors (Lipinski definition) is 2. The fraction of sp³-hybridized carbons (Fsp3) is 0.188. The van der Waals surface area contributed by atoms with E-state index in [4.69, 9.17) is 14.7 Å². The summed E-state index contributed by atoms with van der Waals surface area (Å²) in [5, 5.41) is 20.9. The van der Waals surface area contributed by atoms with E-state index in [-0.39, 0.29) is 25.1 Å². The Morgan fingerprint density at radius 3 is 2.77 bits per heavy atom. The van der Waals surface area contributed by atoms with Crippen molar-refractivity contribution in [2.75, 3.05) is 6.61 Å². The van der Waals surface area contributed by atoms with Crippen LogP contribution in [0.4, 0.5) is 0 Å². The molecule has 0 aliphatic heterocycles. The van der Waals surface area contributed by atoms with E-state index in [0.717, 1.165) is 10.0 Å². The van der Waals surface area contributed by atoms with Gasteiger partial charge < -0.3 is 10.1 Å². The molecule has 1 aromatic carbocycles. The molecule has 2 N–H and O–H groups in total. The number of rotatable bonds is 5. The zero-order chi connectivity index (χ0) is 19.1. The number of nitrogens with one attached hydrogen (secondary N) is 1. The number of aliphatic hydroxyl groups excluding tert-OH is 1. The normalized spacial score (nSPS) is 9.96. The van der Waals surface area contributed by atoms with Crippen LogP contribution in [-0.4, -0.2) is 48.8 Å². The second kappa shape index (κ2) is 8.95. The summed E-state index contributed by atoms with van der Waals surface area (Å²) in [5.74, 6) is 0.318. The maximum Gasteiger partial charge on any atom is 0.373 e. The Morgan fingerprint density at radius 2 is 2.12 bits per heavy atom. The summed E-state index contributed by atoms with van der Waals surface area (Å²) < 4.78 is 0.852. The molecule has 0 saturated carbocycles. The predicted octanol–water partition coefficient (Wildman–Crippen LogP) is 1.38. The average molecular weight is 420 g/mol. The van der Waals surface area contributed by atoms with Gasteiger partial charge in [-0.1, -0.05) is 28.1 Å². The fourth-order valence-corrected chi connectivity index (χ4v) is 2.68. The van der Waals surface area contributed by atoms with Gasteiger partial charge >= 0.3 is 6.15 Å². The molecule has 2 heterocycles. The molecule has 26 heavy (non-hydrogen) atoms. The van der Waals surface area contributed by atoms with E-state index >= 15 is 0 Å². The lowest BCUT2D eigenvalue weighted by Gasteiger charge is -2.01. The van der Waals surface area contributed by atoms with Crippen LogP contribution in [0.3, 0.4) is 0 Å². The first-order valence-electron chi connectivity index (χ1n) is 7.38. The average Bonchev–Trinajstić information content (AvgIpc) is 3.22. The van der Waals surface area contributed by atoms with Crippen molar-refractivity contribution < 1.29 is 19.5 Å². The molecule has 0 bridgehead atoms. The van der Waals surface area contributed by atoms with E-state index in [1.807, 2.05) is 19.1 Å². The van der Waals surface area contributed by atoms with Gasteiger partial charge in [-0.15, -0.1) is 10.2 Å². The summed E-state index contributed by atoms with van der Waals surface area (Å²) in [6.45, 7) is 2.05. The number of H-pyrrole nitrogens is 1. The lowest BCUT2D eigenvalue weighted by Crippen LogP contribution is -2.05. The minimum Gasteiger partial charge on any atom is -0.394 e. The molecule has 0 aliphatic carbocycles. The van der Waals surface area contributed by atoms with E-state index in [1.54, 1.807) is 18.3 Å². The smallest absolute Gasteiger partial charge is 0.373 e. The largest absolute Gasteiger partial charge is 0.394 e. The van der Waals surface area contributed by atoms with E-state index in [9.17, 15) is 4.79 Å². The number of nitrogens with zero attached hydrogens (tertiary/aromatic N) is 4. The SMILES string of the molecule is Cc1c(C(=O)c2cccc(Br)c2)c[nH]c1-c1nnn(CCO)n1.O=C=O. The Bertz CT molecular complexity index is 944. The standard InChI is InChI=1S/C15H14BrN5O2.CO2/c1-9-12(14(23)10-3-2-4-11(16)7-10)8-17-13(9)15-18-20-21(19-15)5-6-22;2-1-3/h2-4,7-8,17,22H,5-6H2,1H3;. The summed E-state index contributed by atoms with van der Waals surface area (Å²) in [5.41, 5.74) is 2.58. The summed E-state index contributed by atoms with van der Waals surface area (Å²) in [6.07, 6.45) is 1.90. The van der Waals surface area contributed by atoms with Gasteiger partial charge in [0, 0.05) is 21.8 Å². The highest BCUT2D eigenvalue weighted by molar-refractivity contribution is 9.10. The minimum atomic E-state index is -0.0750. The van der Waals surface area contributed by atoms with Crippen LogP contribution in [-0.2, 0) is 16.1 Å². The van der Waals surface area contributed by atoms with Crippen LogP contribution in [0.15, 0.2) is 34.9 Å². The number of carbonyl (C=O) groups is 1. The van der Waals surface area contributed by atoms with Gasteiger partial charge in [-0.3, -0.25) is 4.79 Å². The van der Waals surface area contributed by atoms with Gasteiger partial charge in [0.1, 0.15) is 0 Å². The Hall–Kier alpha value is -2.94. The van der Waals surface area contributed by atoms with Crippen molar-refractivity contribution in [1.29, 1.82) is 0 Å². The van der Waals surface area contributed by atoms with Crippen LogP contribution in [0, 0.1) is 6.92 Å². The van der Waals surface area contributed by atoms with Crippen LogP contribution >= 0.6 is 15.9 Å². The van der Waals surface area contributed by atoms with Crippen molar-refractivity contribution in [1.82, 2.24) is 25.2 Å². The third kappa shape index (κ3) is 4.37. The van der Waals surface area contributed by atoms with Gasteiger partial charge in [0.05, 0.1) is 18.8 Å². The third-order valence-corrected chi connectivity index (χ3v) is 3.94. The van der Waals surface area contributed by atoms with Crippen molar-refractivity contribution in [3.8, 4) is 11.5 Å². The fourth-order valence-electron chi connectivity index (χ4n) is 2.28. The summed E-state index contributed by atoms with van der Waals surface area (Å²) in [6, 6.07) is 7.25. The van der Waals surface area contributed by atoms with Crippen molar-refractivity contribution >= 4 is 27.9 Å². The predicted molar refractivity (Wildman–Crippen MR) is 92.0 cm³/mol. The minimum absolute atomic E-state index is 0.0634. The Labute approximate surface area is 156 Å². The topological polar surface area (TPSA) is 131 Å². The molecule has 0 atom stereocenters. The van der Waals surface area contributed by atoms with Gasteiger partial charge in [-0.25, -0.2) is 0 Å². The number of aliphatic hydroxyl groups is 1. The Kier molecular flexibility index (Phi) is 6.67. The number of halogens is 1. The zero-order valence-electron chi connectivity index (χ0n) is 13.6. The van der Waals surface area contributed by atoms with Gasteiger partial charge in [0.2, 0.25) is 5.82 Å². The van der Waals surface area contributed by atoms with Gasteiger partial charge in [0.25, 0.3) is 0 Å². The molecule has 0 aliphatic rings. The first-order chi connectivity index (χ1) is 12.5. The molecule has 0 spiro atoms. The number of ketones is 1. The number of hydrogen-bond acceptors (Lipinski definition) is 7. The monoisotopic (exact) mass is 419 g/mol. The molecule has 10 heteroatoms. The second-order valence-electron chi connectivity index (χ2n) is 5.06. The zero-order valence-corrected chi connectivity index (χ0v) is 15.2. The van der Waals surface area contributed by atoms with Crippen molar-refractivity contribution in [3.05, 3.63) is 51.6 Å². The van der Waals surface area contributed by atoms with Gasteiger partial charge in [0.15, 0.2) is 5.78 Å². The van der Waals surface area contributed by atoms with E-state index in [0.29, 0.717) is 22.6 Å². The van der Waals surface area contributed by atoms with Crippen LogP contribution in [0.2, 0.25) is 0 Å². The van der Waals surface area contributed by atoms with Crippen molar-refractivity contribution in [2.45, 2.75) is 13.5 Å². The Balaban J connectivity index is 0.000000758. The summed E-state index contributed by atoms with van der Waals surface area (Å²) in [7, 11) is 0. The first kappa shape index (κ1) is 19.4. The molecule has 2 aromatic heterocycles. The molecule has 0 radical (unpaired) electrons.